The number of allylic oxidation sites excluding steroid dienone is 2. The summed E-state index contributed by atoms with van der Waals surface area (Å²) in [7, 11) is 0. The van der Waals surface area contributed by atoms with E-state index in [0.717, 1.165) is 5.56 Å². The molecule has 0 saturated carbocycles. The van der Waals surface area contributed by atoms with Gasteiger partial charge in [0.2, 0.25) is 5.88 Å². The second kappa shape index (κ2) is 7.18. The van der Waals surface area contributed by atoms with Gasteiger partial charge >= 0.3 is 5.97 Å². The van der Waals surface area contributed by atoms with E-state index < -0.39 is 17.7 Å². The van der Waals surface area contributed by atoms with Gasteiger partial charge in [-0.3, -0.25) is 0 Å². The molecule has 1 heterocycles. The smallest absolute Gasteiger partial charge is 0.338 e. The van der Waals surface area contributed by atoms with Crippen molar-refractivity contribution in [1.82, 2.24) is 0 Å². The first-order valence-electron chi connectivity index (χ1n) is 7.68. The predicted octanol–water partition coefficient (Wildman–Crippen LogP) is 3.03. The van der Waals surface area contributed by atoms with Crippen LogP contribution in [0.4, 0.5) is 4.39 Å². The molecule has 24 heavy (non-hydrogen) atoms. The molecule has 6 heteroatoms. The molecule has 1 aliphatic rings. The average Bonchev–Trinajstić information content (AvgIpc) is 2.54. The van der Waals surface area contributed by atoms with Crippen LogP contribution in [0.5, 0.6) is 0 Å². The first-order chi connectivity index (χ1) is 11.4. The molecule has 0 fully saturated rings. The van der Waals surface area contributed by atoms with Gasteiger partial charge in [0.05, 0.1) is 18.1 Å². The Balaban J connectivity index is 2.65. The first kappa shape index (κ1) is 17.5. The number of carbonyl (C=O) groups is 1. The van der Waals surface area contributed by atoms with E-state index >= 15 is 0 Å². The van der Waals surface area contributed by atoms with Crippen molar-refractivity contribution in [2.45, 2.75) is 33.1 Å². The lowest BCUT2D eigenvalue weighted by Crippen LogP contribution is -2.26. The molecule has 0 amide bonds. The van der Waals surface area contributed by atoms with Crippen molar-refractivity contribution in [2.75, 3.05) is 6.61 Å². The number of nitrogens with two attached hydrogens (primary N) is 1. The third-order valence-electron chi connectivity index (χ3n) is 3.89. The summed E-state index contributed by atoms with van der Waals surface area (Å²) in [4.78, 5) is 12.3. The van der Waals surface area contributed by atoms with Crippen LogP contribution in [-0.2, 0) is 20.7 Å². The summed E-state index contributed by atoms with van der Waals surface area (Å²) in [5, 5.41) is 9.44. The maximum absolute atomic E-state index is 14.6. The summed E-state index contributed by atoms with van der Waals surface area (Å²) in [5.41, 5.74) is 6.87. The van der Waals surface area contributed by atoms with Crippen LogP contribution in [0, 0.1) is 17.1 Å². The summed E-state index contributed by atoms with van der Waals surface area (Å²) >= 11 is 0. The van der Waals surface area contributed by atoms with Gasteiger partial charge in [0, 0.05) is 5.56 Å². The summed E-state index contributed by atoms with van der Waals surface area (Å²) in [6.07, 6.45) is 0.674. The van der Waals surface area contributed by atoms with Crippen LogP contribution < -0.4 is 5.73 Å². The van der Waals surface area contributed by atoms with Gasteiger partial charge in [0.25, 0.3) is 0 Å². The Morgan fingerprint density at radius 1 is 1.46 bits per heavy atom. The Bertz CT molecular complexity index is 775. The number of carbonyl (C=O) groups excluding carboxylic acids is 1. The number of rotatable bonds is 4. The summed E-state index contributed by atoms with van der Waals surface area (Å²) < 4.78 is 25.0. The van der Waals surface area contributed by atoms with Crippen molar-refractivity contribution in [3.05, 3.63) is 57.9 Å². The normalized spacial score (nSPS) is 17.4. The SMILES string of the molecule is CCOC(=O)C1=C(C)OC(N)=C(C#N)C1c1ccc(CC)cc1F. The predicted molar refractivity (Wildman–Crippen MR) is 85.8 cm³/mol. The second-order valence-electron chi connectivity index (χ2n) is 5.32. The van der Waals surface area contributed by atoms with Gasteiger partial charge < -0.3 is 15.2 Å². The van der Waals surface area contributed by atoms with E-state index in [9.17, 15) is 14.4 Å². The highest BCUT2D eigenvalue weighted by molar-refractivity contribution is 5.92. The summed E-state index contributed by atoms with van der Waals surface area (Å²) in [5.74, 6) is -2.04. The molecule has 0 bridgehead atoms. The second-order valence-corrected chi connectivity index (χ2v) is 5.32. The molecule has 5 nitrogen and oxygen atoms in total. The van der Waals surface area contributed by atoms with Crippen LogP contribution in [-0.4, -0.2) is 12.6 Å². The molecule has 1 aliphatic heterocycles. The molecule has 1 unspecified atom stereocenters. The number of hydrogen-bond donors (Lipinski definition) is 1. The number of halogens is 1. The number of nitrogens with zero attached hydrogens (tertiary/aromatic N) is 1. The average molecular weight is 330 g/mol. The number of aryl methyl sites for hydroxylation is 1. The lowest BCUT2D eigenvalue weighted by Gasteiger charge is -2.27. The minimum Gasteiger partial charge on any atom is -0.463 e. The molecule has 1 atom stereocenters. The van der Waals surface area contributed by atoms with Crippen LogP contribution in [0.1, 0.15) is 37.8 Å². The van der Waals surface area contributed by atoms with Crippen molar-refractivity contribution in [3.8, 4) is 6.07 Å². The van der Waals surface area contributed by atoms with Gasteiger partial charge in [0.1, 0.15) is 23.2 Å². The lowest BCUT2D eigenvalue weighted by molar-refractivity contribution is -0.139. The van der Waals surface area contributed by atoms with Gasteiger partial charge in [-0.1, -0.05) is 19.1 Å². The zero-order valence-corrected chi connectivity index (χ0v) is 13.9. The fourth-order valence-corrected chi connectivity index (χ4v) is 2.69. The van der Waals surface area contributed by atoms with Crippen LogP contribution >= 0.6 is 0 Å². The molecule has 0 radical (unpaired) electrons. The molecule has 0 spiro atoms. The van der Waals surface area contributed by atoms with E-state index in [4.69, 9.17) is 15.2 Å². The highest BCUT2D eigenvalue weighted by atomic mass is 19.1. The lowest BCUT2D eigenvalue weighted by atomic mass is 9.82. The quantitative estimate of drug-likeness (QED) is 0.858. The Hall–Kier alpha value is -2.81. The Morgan fingerprint density at radius 3 is 2.71 bits per heavy atom. The van der Waals surface area contributed by atoms with Crippen molar-refractivity contribution in [1.29, 1.82) is 5.26 Å². The first-order valence-corrected chi connectivity index (χ1v) is 7.68. The van der Waals surface area contributed by atoms with Gasteiger partial charge in [-0.05, 0) is 31.9 Å². The fraction of sp³-hybridized carbons (Fsp3) is 0.333. The molecule has 0 aromatic heterocycles. The van der Waals surface area contributed by atoms with Gasteiger partial charge in [-0.25, -0.2) is 9.18 Å². The number of ether oxygens (including phenoxy) is 2. The van der Waals surface area contributed by atoms with E-state index in [2.05, 4.69) is 0 Å². The molecule has 0 aliphatic carbocycles. The fourth-order valence-electron chi connectivity index (χ4n) is 2.69. The van der Waals surface area contributed by atoms with Crippen LogP contribution in [0.2, 0.25) is 0 Å². The Kier molecular flexibility index (Phi) is 5.24. The topological polar surface area (TPSA) is 85.3 Å². The number of nitriles is 1. The molecular weight excluding hydrogens is 311 g/mol. The maximum atomic E-state index is 14.6. The molecule has 126 valence electrons. The van der Waals surface area contributed by atoms with Crippen molar-refractivity contribution in [3.63, 3.8) is 0 Å². The zero-order valence-electron chi connectivity index (χ0n) is 13.9. The Labute approximate surface area is 140 Å². The third-order valence-corrected chi connectivity index (χ3v) is 3.89. The molecule has 2 rings (SSSR count). The van der Waals surface area contributed by atoms with E-state index in [0.29, 0.717) is 6.42 Å². The van der Waals surface area contributed by atoms with Crippen LogP contribution in [0.25, 0.3) is 0 Å². The zero-order chi connectivity index (χ0) is 17.9. The summed E-state index contributed by atoms with van der Waals surface area (Å²) in [6.45, 7) is 5.27. The standard InChI is InChI=1S/C18H19FN2O3/c1-4-11-6-7-12(14(19)8-11)16-13(9-20)17(21)24-10(3)15(16)18(22)23-5-2/h6-8,16H,4-5,21H2,1-3H3. The monoisotopic (exact) mass is 330 g/mol. The van der Waals surface area contributed by atoms with E-state index in [1.807, 2.05) is 13.0 Å². The van der Waals surface area contributed by atoms with Gasteiger partial charge in [-0.15, -0.1) is 0 Å². The number of esters is 1. The molecule has 1 aromatic rings. The van der Waals surface area contributed by atoms with Gasteiger partial charge in [-0.2, -0.15) is 5.26 Å². The van der Waals surface area contributed by atoms with E-state index in [1.54, 1.807) is 26.0 Å². The number of hydrogen-bond acceptors (Lipinski definition) is 5. The minimum absolute atomic E-state index is 0.00759. The largest absolute Gasteiger partial charge is 0.463 e. The molecule has 2 N–H and O–H groups in total. The number of benzene rings is 1. The Morgan fingerprint density at radius 2 is 2.17 bits per heavy atom. The van der Waals surface area contributed by atoms with Crippen LogP contribution in [0.3, 0.4) is 0 Å². The van der Waals surface area contributed by atoms with Crippen molar-refractivity contribution < 1.29 is 18.7 Å². The highest BCUT2D eigenvalue weighted by Crippen LogP contribution is 2.40. The van der Waals surface area contributed by atoms with E-state index in [-0.39, 0.29) is 35.0 Å². The minimum atomic E-state index is -0.950. The maximum Gasteiger partial charge on any atom is 0.338 e. The summed E-state index contributed by atoms with van der Waals surface area (Å²) in [6, 6.07) is 6.66. The van der Waals surface area contributed by atoms with Crippen molar-refractivity contribution >= 4 is 5.97 Å². The van der Waals surface area contributed by atoms with E-state index in [1.165, 1.54) is 6.07 Å². The molecular formula is C18H19FN2O3. The highest BCUT2D eigenvalue weighted by Gasteiger charge is 2.37. The van der Waals surface area contributed by atoms with Gasteiger partial charge in [0.15, 0.2) is 0 Å². The molecule has 0 saturated heterocycles. The third kappa shape index (κ3) is 3.11. The van der Waals surface area contributed by atoms with Crippen molar-refractivity contribution in [2.24, 2.45) is 5.73 Å². The van der Waals surface area contributed by atoms with Crippen LogP contribution in [0.15, 0.2) is 41.0 Å². The molecule has 1 aromatic carbocycles.